The highest BCUT2D eigenvalue weighted by Crippen LogP contribution is 2.33. The lowest BCUT2D eigenvalue weighted by atomic mass is 10.2. The Balaban J connectivity index is 1.89. The summed E-state index contributed by atoms with van der Waals surface area (Å²) in [6, 6.07) is 5.88. The van der Waals surface area contributed by atoms with Gasteiger partial charge in [-0.05, 0) is 19.1 Å². The Bertz CT molecular complexity index is 580. The maximum atomic E-state index is 6.19. The molecule has 0 fully saturated rings. The van der Waals surface area contributed by atoms with Crippen LogP contribution in [0.25, 0.3) is 0 Å². The van der Waals surface area contributed by atoms with E-state index in [1.54, 1.807) is 6.33 Å². The molecule has 1 aliphatic rings. The summed E-state index contributed by atoms with van der Waals surface area (Å²) >= 11 is 0. The number of fused-ring (bicyclic) bond motifs is 1. The largest absolute Gasteiger partial charge is 0.492 e. The number of rotatable bonds is 3. The van der Waals surface area contributed by atoms with E-state index in [1.807, 2.05) is 25.1 Å². The molecule has 19 heavy (non-hydrogen) atoms. The molecule has 0 aliphatic carbocycles. The smallest absolute Gasteiger partial charge is 0.152 e. The summed E-state index contributed by atoms with van der Waals surface area (Å²) in [6.45, 7) is 5.06. The minimum atomic E-state index is 0.613. The molecule has 2 heterocycles. The Morgan fingerprint density at radius 3 is 3.11 bits per heavy atom. The van der Waals surface area contributed by atoms with Crippen molar-refractivity contribution < 1.29 is 4.74 Å². The molecule has 0 bridgehead atoms. The van der Waals surface area contributed by atoms with E-state index in [0.717, 1.165) is 36.9 Å². The summed E-state index contributed by atoms with van der Waals surface area (Å²) in [6.07, 6.45) is 1.77. The van der Waals surface area contributed by atoms with Gasteiger partial charge in [-0.25, -0.2) is 0 Å². The highest BCUT2D eigenvalue weighted by molar-refractivity contribution is 5.74. The summed E-state index contributed by atoms with van der Waals surface area (Å²) in [5.74, 6) is 1.71. The molecule has 0 unspecified atom stereocenters. The molecule has 100 valence electrons. The number of hydrogen-bond donors (Lipinski definition) is 1. The van der Waals surface area contributed by atoms with Gasteiger partial charge in [-0.3, -0.25) is 0 Å². The second kappa shape index (κ2) is 4.79. The minimum Gasteiger partial charge on any atom is -0.492 e. The van der Waals surface area contributed by atoms with Crippen LogP contribution in [0, 0.1) is 0 Å². The standard InChI is InChI=1S/C13H17N5O/c1-2-19-11-5-3-4-10(13(11)14)17-6-7-18-9-15-16-12(18)8-17/h3-5,9H,2,6-8,14H2,1H3. The zero-order valence-electron chi connectivity index (χ0n) is 10.9. The molecule has 0 radical (unpaired) electrons. The van der Waals surface area contributed by atoms with Gasteiger partial charge in [0.15, 0.2) is 5.82 Å². The zero-order valence-corrected chi connectivity index (χ0v) is 10.9. The van der Waals surface area contributed by atoms with Gasteiger partial charge in [0, 0.05) is 13.1 Å². The maximum Gasteiger partial charge on any atom is 0.152 e. The molecule has 0 saturated carbocycles. The van der Waals surface area contributed by atoms with E-state index in [0.29, 0.717) is 12.3 Å². The Hall–Kier alpha value is -2.24. The molecular formula is C13H17N5O. The number of benzene rings is 1. The van der Waals surface area contributed by atoms with E-state index in [-0.39, 0.29) is 0 Å². The average Bonchev–Trinajstić information content (AvgIpc) is 2.88. The second-order valence-electron chi connectivity index (χ2n) is 4.48. The Morgan fingerprint density at radius 1 is 1.37 bits per heavy atom. The topological polar surface area (TPSA) is 69.2 Å². The molecule has 0 amide bonds. The number of nitrogens with zero attached hydrogens (tertiary/aromatic N) is 4. The normalized spacial score (nSPS) is 14.3. The Labute approximate surface area is 111 Å². The fourth-order valence-corrected chi connectivity index (χ4v) is 2.36. The maximum absolute atomic E-state index is 6.19. The molecule has 1 aromatic heterocycles. The third-order valence-electron chi connectivity index (χ3n) is 3.32. The molecule has 3 rings (SSSR count). The molecule has 0 saturated heterocycles. The van der Waals surface area contributed by atoms with Gasteiger partial charge in [-0.1, -0.05) is 6.07 Å². The Morgan fingerprint density at radius 2 is 2.26 bits per heavy atom. The van der Waals surface area contributed by atoms with Crippen molar-refractivity contribution in [2.24, 2.45) is 0 Å². The number of aromatic nitrogens is 3. The van der Waals surface area contributed by atoms with Gasteiger partial charge in [-0.15, -0.1) is 10.2 Å². The van der Waals surface area contributed by atoms with Gasteiger partial charge < -0.3 is 19.9 Å². The quantitative estimate of drug-likeness (QED) is 0.841. The van der Waals surface area contributed by atoms with Gasteiger partial charge in [0.1, 0.15) is 12.1 Å². The first kappa shape index (κ1) is 11.8. The number of nitrogens with two attached hydrogens (primary N) is 1. The van der Waals surface area contributed by atoms with Crippen LogP contribution in [0.3, 0.4) is 0 Å². The average molecular weight is 259 g/mol. The third kappa shape index (κ3) is 2.09. The SMILES string of the molecule is CCOc1cccc(N2CCn3cnnc3C2)c1N. The molecule has 0 spiro atoms. The summed E-state index contributed by atoms with van der Waals surface area (Å²) in [5.41, 5.74) is 7.88. The fourth-order valence-electron chi connectivity index (χ4n) is 2.36. The van der Waals surface area contributed by atoms with Gasteiger partial charge >= 0.3 is 0 Å². The van der Waals surface area contributed by atoms with Crippen molar-refractivity contribution in [3.05, 3.63) is 30.4 Å². The van der Waals surface area contributed by atoms with Crippen molar-refractivity contribution in [3.63, 3.8) is 0 Å². The molecule has 6 nitrogen and oxygen atoms in total. The molecule has 1 aliphatic heterocycles. The van der Waals surface area contributed by atoms with Crippen LogP contribution in [-0.2, 0) is 13.1 Å². The lowest BCUT2D eigenvalue weighted by Crippen LogP contribution is -2.34. The van der Waals surface area contributed by atoms with E-state index >= 15 is 0 Å². The van der Waals surface area contributed by atoms with Crippen LogP contribution in [0.5, 0.6) is 5.75 Å². The number of nitrogen functional groups attached to an aromatic ring is 1. The molecule has 1 aromatic carbocycles. The van der Waals surface area contributed by atoms with Crippen molar-refractivity contribution in [1.82, 2.24) is 14.8 Å². The summed E-state index contributed by atoms with van der Waals surface area (Å²) in [7, 11) is 0. The van der Waals surface area contributed by atoms with Crippen LogP contribution < -0.4 is 15.4 Å². The number of anilines is 2. The second-order valence-corrected chi connectivity index (χ2v) is 4.48. The van der Waals surface area contributed by atoms with Crippen LogP contribution in [0.1, 0.15) is 12.7 Å². The minimum absolute atomic E-state index is 0.613. The summed E-state index contributed by atoms with van der Waals surface area (Å²) in [4.78, 5) is 2.21. The Kier molecular flexibility index (Phi) is 2.98. The monoisotopic (exact) mass is 259 g/mol. The van der Waals surface area contributed by atoms with Crippen LogP contribution >= 0.6 is 0 Å². The van der Waals surface area contributed by atoms with Crippen LogP contribution in [0.2, 0.25) is 0 Å². The fraction of sp³-hybridized carbons (Fsp3) is 0.385. The number of ether oxygens (including phenoxy) is 1. The van der Waals surface area contributed by atoms with E-state index in [2.05, 4.69) is 19.7 Å². The first-order valence-electron chi connectivity index (χ1n) is 6.42. The van der Waals surface area contributed by atoms with E-state index in [4.69, 9.17) is 10.5 Å². The van der Waals surface area contributed by atoms with Crippen LogP contribution in [0.15, 0.2) is 24.5 Å². The molecule has 2 aromatic rings. The highest BCUT2D eigenvalue weighted by atomic mass is 16.5. The lowest BCUT2D eigenvalue weighted by Gasteiger charge is -2.30. The van der Waals surface area contributed by atoms with E-state index in [1.165, 1.54) is 0 Å². The van der Waals surface area contributed by atoms with E-state index < -0.39 is 0 Å². The third-order valence-corrected chi connectivity index (χ3v) is 3.32. The number of para-hydroxylation sites is 1. The number of hydrogen-bond acceptors (Lipinski definition) is 5. The van der Waals surface area contributed by atoms with Gasteiger partial charge in [0.2, 0.25) is 0 Å². The molecule has 2 N–H and O–H groups in total. The first-order valence-corrected chi connectivity index (χ1v) is 6.42. The van der Waals surface area contributed by atoms with Gasteiger partial charge in [-0.2, -0.15) is 0 Å². The predicted molar refractivity (Wildman–Crippen MR) is 73.1 cm³/mol. The first-order chi connectivity index (χ1) is 9.29. The van der Waals surface area contributed by atoms with E-state index in [9.17, 15) is 0 Å². The summed E-state index contributed by atoms with van der Waals surface area (Å²) in [5, 5.41) is 8.05. The van der Waals surface area contributed by atoms with Gasteiger partial charge in [0.25, 0.3) is 0 Å². The molecule has 6 heteroatoms. The molecular weight excluding hydrogens is 242 g/mol. The molecule has 0 atom stereocenters. The summed E-state index contributed by atoms with van der Waals surface area (Å²) < 4.78 is 7.61. The van der Waals surface area contributed by atoms with Crippen LogP contribution in [-0.4, -0.2) is 27.9 Å². The van der Waals surface area contributed by atoms with Crippen molar-refractivity contribution in [1.29, 1.82) is 0 Å². The lowest BCUT2D eigenvalue weighted by molar-refractivity contribution is 0.342. The van der Waals surface area contributed by atoms with Crippen LogP contribution in [0.4, 0.5) is 11.4 Å². The van der Waals surface area contributed by atoms with Crippen molar-refractivity contribution in [2.45, 2.75) is 20.0 Å². The van der Waals surface area contributed by atoms with Crippen molar-refractivity contribution in [3.8, 4) is 5.75 Å². The van der Waals surface area contributed by atoms with Gasteiger partial charge in [0.05, 0.1) is 24.5 Å². The van der Waals surface area contributed by atoms with Crippen molar-refractivity contribution in [2.75, 3.05) is 23.8 Å². The highest BCUT2D eigenvalue weighted by Gasteiger charge is 2.20. The zero-order chi connectivity index (χ0) is 13.2. The predicted octanol–water partition coefficient (Wildman–Crippen LogP) is 1.28. The van der Waals surface area contributed by atoms with Crippen molar-refractivity contribution >= 4 is 11.4 Å².